The molecule has 3 amide bonds. The highest BCUT2D eigenvalue weighted by Gasteiger charge is 2.31. The zero-order chi connectivity index (χ0) is 22.0. The fourth-order valence-electron chi connectivity index (χ4n) is 3.31. The van der Waals surface area contributed by atoms with Crippen LogP contribution >= 0.6 is 11.6 Å². The van der Waals surface area contributed by atoms with E-state index in [1.165, 1.54) is 11.0 Å². The Hall–Kier alpha value is -3.71. The van der Waals surface area contributed by atoms with Gasteiger partial charge in [-0.2, -0.15) is 0 Å². The van der Waals surface area contributed by atoms with Gasteiger partial charge >= 0.3 is 6.03 Å². The van der Waals surface area contributed by atoms with E-state index in [4.69, 9.17) is 11.6 Å². The normalized spacial score (nSPS) is 15.6. The van der Waals surface area contributed by atoms with E-state index in [0.717, 1.165) is 0 Å². The lowest BCUT2D eigenvalue weighted by molar-refractivity contribution is -0.119. The second kappa shape index (κ2) is 8.57. The second-order valence-corrected chi connectivity index (χ2v) is 7.32. The molecule has 31 heavy (non-hydrogen) atoms. The lowest BCUT2D eigenvalue weighted by atomic mass is 10.00. The van der Waals surface area contributed by atoms with Crippen LogP contribution in [0.3, 0.4) is 0 Å². The first-order valence-corrected chi connectivity index (χ1v) is 9.84. The van der Waals surface area contributed by atoms with Gasteiger partial charge in [-0.25, -0.2) is 14.2 Å². The van der Waals surface area contributed by atoms with Crippen molar-refractivity contribution >= 4 is 40.6 Å². The molecule has 0 saturated carbocycles. The van der Waals surface area contributed by atoms with Gasteiger partial charge in [-0.15, -0.1) is 0 Å². The SMILES string of the molecule is CN1C(=O)C(NC(=O)Nc2ccc(Cl)cc2)N=C(c2ccccc2F)c2ccccc21. The van der Waals surface area contributed by atoms with Gasteiger partial charge in [-0.05, 0) is 42.5 Å². The molecule has 4 rings (SSSR count). The molecular formula is C23H18ClFN4O2. The molecule has 2 N–H and O–H groups in total. The number of nitrogens with zero attached hydrogens (tertiary/aromatic N) is 2. The van der Waals surface area contributed by atoms with Crippen molar-refractivity contribution in [3.8, 4) is 0 Å². The number of nitrogens with one attached hydrogen (secondary N) is 2. The number of urea groups is 1. The topological polar surface area (TPSA) is 73.8 Å². The fraction of sp³-hybridized carbons (Fsp3) is 0.0870. The fourth-order valence-corrected chi connectivity index (χ4v) is 3.43. The van der Waals surface area contributed by atoms with Crippen molar-refractivity contribution in [2.75, 3.05) is 17.3 Å². The van der Waals surface area contributed by atoms with E-state index in [1.54, 1.807) is 73.8 Å². The minimum absolute atomic E-state index is 0.239. The van der Waals surface area contributed by atoms with Crippen molar-refractivity contribution in [3.05, 3.63) is 94.8 Å². The molecule has 0 radical (unpaired) electrons. The highest BCUT2D eigenvalue weighted by molar-refractivity contribution is 6.30. The molecule has 3 aromatic rings. The maximum Gasteiger partial charge on any atom is 0.321 e. The van der Waals surface area contributed by atoms with E-state index >= 15 is 0 Å². The first-order chi connectivity index (χ1) is 14.9. The Labute approximate surface area is 183 Å². The zero-order valence-corrected chi connectivity index (χ0v) is 17.2. The van der Waals surface area contributed by atoms with Crippen LogP contribution < -0.4 is 15.5 Å². The van der Waals surface area contributed by atoms with Crippen LogP contribution in [0.15, 0.2) is 77.8 Å². The standard InChI is InChI=1S/C23H18ClFN4O2/c1-29-19-9-5-3-7-17(19)20(16-6-2-4-8-18(16)25)27-21(22(29)30)28-23(31)26-15-12-10-14(24)11-13-15/h2-13,21H,1H3,(H2,26,28,31). The molecule has 1 aliphatic rings. The van der Waals surface area contributed by atoms with Gasteiger partial charge in [0.2, 0.25) is 6.17 Å². The maximum atomic E-state index is 14.6. The third kappa shape index (κ3) is 4.27. The molecule has 0 saturated heterocycles. The van der Waals surface area contributed by atoms with Crippen LogP contribution in [-0.4, -0.2) is 30.9 Å². The lowest BCUT2D eigenvalue weighted by Crippen LogP contribution is -2.47. The number of anilines is 2. The highest BCUT2D eigenvalue weighted by atomic mass is 35.5. The number of likely N-dealkylation sites (N-methyl/N-ethyl adjacent to an activating group) is 1. The number of hydrogen-bond donors (Lipinski definition) is 2. The number of rotatable bonds is 3. The van der Waals surface area contributed by atoms with Crippen LogP contribution in [0.5, 0.6) is 0 Å². The van der Waals surface area contributed by atoms with Crippen molar-refractivity contribution in [2.45, 2.75) is 6.17 Å². The molecule has 0 spiro atoms. The Morgan fingerprint density at radius 1 is 1.00 bits per heavy atom. The molecule has 3 aromatic carbocycles. The van der Waals surface area contributed by atoms with E-state index in [-0.39, 0.29) is 11.3 Å². The highest BCUT2D eigenvalue weighted by Crippen LogP contribution is 2.28. The lowest BCUT2D eigenvalue weighted by Gasteiger charge is -2.21. The Balaban J connectivity index is 1.71. The van der Waals surface area contributed by atoms with Crippen LogP contribution in [0.2, 0.25) is 5.02 Å². The van der Waals surface area contributed by atoms with Gasteiger partial charge in [0, 0.05) is 28.9 Å². The molecule has 0 fully saturated rings. The molecule has 0 bridgehead atoms. The molecule has 0 aliphatic carbocycles. The summed E-state index contributed by atoms with van der Waals surface area (Å²) in [4.78, 5) is 31.5. The smallest absolute Gasteiger partial charge is 0.311 e. The summed E-state index contributed by atoms with van der Waals surface area (Å²) in [5.41, 5.74) is 2.17. The van der Waals surface area contributed by atoms with Crippen LogP contribution in [0.25, 0.3) is 0 Å². The van der Waals surface area contributed by atoms with Crippen molar-refractivity contribution < 1.29 is 14.0 Å². The predicted molar refractivity (Wildman–Crippen MR) is 119 cm³/mol. The maximum absolute atomic E-state index is 14.6. The number of benzene rings is 3. The van der Waals surface area contributed by atoms with E-state index in [2.05, 4.69) is 15.6 Å². The van der Waals surface area contributed by atoms with E-state index in [0.29, 0.717) is 22.0 Å². The minimum atomic E-state index is -1.25. The summed E-state index contributed by atoms with van der Waals surface area (Å²) in [5, 5.41) is 5.74. The van der Waals surface area contributed by atoms with Crippen molar-refractivity contribution in [2.24, 2.45) is 4.99 Å². The average Bonchev–Trinajstić information content (AvgIpc) is 2.87. The van der Waals surface area contributed by atoms with Gasteiger partial charge < -0.3 is 15.5 Å². The monoisotopic (exact) mass is 436 g/mol. The Morgan fingerprint density at radius 3 is 2.35 bits per heavy atom. The van der Waals surface area contributed by atoms with Crippen molar-refractivity contribution in [1.29, 1.82) is 0 Å². The average molecular weight is 437 g/mol. The van der Waals surface area contributed by atoms with Crippen LogP contribution in [-0.2, 0) is 4.79 Å². The van der Waals surface area contributed by atoms with Gasteiger partial charge in [-0.3, -0.25) is 4.79 Å². The molecule has 8 heteroatoms. The van der Waals surface area contributed by atoms with E-state index in [9.17, 15) is 14.0 Å². The van der Waals surface area contributed by atoms with Crippen LogP contribution in [0, 0.1) is 5.82 Å². The number of para-hydroxylation sites is 1. The van der Waals surface area contributed by atoms with Gasteiger partial charge in [0.05, 0.1) is 11.4 Å². The Bertz CT molecular complexity index is 1180. The number of aliphatic imine (C=N–C) groups is 1. The van der Waals surface area contributed by atoms with Gasteiger partial charge in [0.25, 0.3) is 5.91 Å². The Morgan fingerprint density at radius 2 is 1.65 bits per heavy atom. The number of hydrogen-bond acceptors (Lipinski definition) is 3. The van der Waals surface area contributed by atoms with Gasteiger partial charge in [0.1, 0.15) is 5.82 Å². The second-order valence-electron chi connectivity index (χ2n) is 6.88. The van der Waals surface area contributed by atoms with Crippen LogP contribution in [0.4, 0.5) is 20.6 Å². The molecule has 1 heterocycles. The molecular weight excluding hydrogens is 419 g/mol. The predicted octanol–water partition coefficient (Wildman–Crippen LogP) is 4.44. The summed E-state index contributed by atoms with van der Waals surface area (Å²) in [7, 11) is 1.59. The molecule has 1 unspecified atom stereocenters. The summed E-state index contributed by atoms with van der Waals surface area (Å²) in [6.07, 6.45) is -1.25. The third-order valence-electron chi connectivity index (χ3n) is 4.84. The largest absolute Gasteiger partial charge is 0.321 e. The third-order valence-corrected chi connectivity index (χ3v) is 5.09. The van der Waals surface area contributed by atoms with E-state index < -0.39 is 23.9 Å². The number of carbonyl (C=O) groups excluding carboxylic acids is 2. The van der Waals surface area contributed by atoms with Crippen molar-refractivity contribution in [3.63, 3.8) is 0 Å². The quantitative estimate of drug-likeness (QED) is 0.637. The number of fused-ring (bicyclic) bond motifs is 1. The summed E-state index contributed by atoms with van der Waals surface area (Å²) in [5.74, 6) is -0.928. The van der Waals surface area contributed by atoms with Gasteiger partial charge in [0.15, 0.2) is 0 Å². The number of amides is 3. The van der Waals surface area contributed by atoms with Crippen molar-refractivity contribution in [1.82, 2.24) is 5.32 Å². The van der Waals surface area contributed by atoms with Gasteiger partial charge in [-0.1, -0.05) is 41.9 Å². The Kier molecular flexibility index (Phi) is 5.68. The number of halogens is 2. The number of carbonyl (C=O) groups is 2. The first kappa shape index (κ1) is 20.6. The molecule has 156 valence electrons. The summed E-state index contributed by atoms with van der Waals surface area (Å²) in [6.45, 7) is 0. The van der Waals surface area contributed by atoms with E-state index in [1.807, 2.05) is 0 Å². The molecule has 1 atom stereocenters. The van der Waals surface area contributed by atoms with Crippen LogP contribution in [0.1, 0.15) is 11.1 Å². The summed E-state index contributed by atoms with van der Waals surface area (Å²) in [6, 6.07) is 19.2. The molecule has 6 nitrogen and oxygen atoms in total. The minimum Gasteiger partial charge on any atom is -0.311 e. The summed E-state index contributed by atoms with van der Waals surface area (Å²) < 4.78 is 14.6. The summed E-state index contributed by atoms with van der Waals surface area (Å²) >= 11 is 5.86. The molecule has 1 aliphatic heterocycles. The number of benzodiazepines with no additional fused rings is 1. The molecule has 0 aromatic heterocycles. The first-order valence-electron chi connectivity index (χ1n) is 9.47. The zero-order valence-electron chi connectivity index (χ0n) is 16.5.